The number of hydrogen-bond donors (Lipinski definition) is 1. The average Bonchev–Trinajstić information content (AvgIpc) is 2.41. The van der Waals surface area contributed by atoms with E-state index in [9.17, 15) is 14.5 Å². The van der Waals surface area contributed by atoms with Gasteiger partial charge in [-0.1, -0.05) is 6.42 Å². The van der Waals surface area contributed by atoms with Gasteiger partial charge < -0.3 is 10.2 Å². The van der Waals surface area contributed by atoms with Crippen molar-refractivity contribution < 1.29 is 9.31 Å². The summed E-state index contributed by atoms with van der Waals surface area (Å²) in [7, 11) is 2.17. The lowest BCUT2D eigenvalue weighted by atomic mass is 9.82. The average molecular weight is 293 g/mol. The molecule has 2 bridgehead atoms. The number of rotatable bonds is 3. The SMILES string of the molecule is CN1C2CCCC1CC(Nc1ccc(F)cc1[N+](=O)[O-])C2. The lowest BCUT2D eigenvalue weighted by Gasteiger charge is -2.47. The van der Waals surface area contributed by atoms with E-state index in [1.807, 2.05) is 0 Å². The molecule has 0 spiro atoms. The van der Waals surface area contributed by atoms with Crippen LogP contribution in [-0.4, -0.2) is 35.0 Å². The van der Waals surface area contributed by atoms with Gasteiger partial charge in [0, 0.05) is 18.1 Å². The van der Waals surface area contributed by atoms with E-state index >= 15 is 0 Å². The minimum Gasteiger partial charge on any atom is -0.377 e. The summed E-state index contributed by atoms with van der Waals surface area (Å²) in [4.78, 5) is 13.0. The van der Waals surface area contributed by atoms with Crippen molar-refractivity contribution in [2.45, 2.75) is 50.2 Å². The number of nitro groups is 1. The molecule has 2 heterocycles. The lowest BCUT2D eigenvalue weighted by molar-refractivity contribution is -0.384. The summed E-state index contributed by atoms with van der Waals surface area (Å²) in [6.45, 7) is 0. The molecule has 3 rings (SSSR count). The van der Waals surface area contributed by atoms with Crippen LogP contribution in [0.1, 0.15) is 32.1 Å². The van der Waals surface area contributed by atoms with Gasteiger partial charge in [-0.25, -0.2) is 4.39 Å². The molecule has 114 valence electrons. The van der Waals surface area contributed by atoms with E-state index in [4.69, 9.17) is 0 Å². The summed E-state index contributed by atoms with van der Waals surface area (Å²) in [6, 6.07) is 5.05. The van der Waals surface area contributed by atoms with Crippen LogP contribution in [0.3, 0.4) is 0 Å². The van der Waals surface area contributed by atoms with E-state index in [1.165, 1.54) is 31.4 Å². The molecule has 2 atom stereocenters. The van der Waals surface area contributed by atoms with Gasteiger partial charge in [-0.2, -0.15) is 0 Å². The summed E-state index contributed by atoms with van der Waals surface area (Å²) in [5, 5.41) is 14.3. The monoisotopic (exact) mass is 293 g/mol. The molecule has 5 nitrogen and oxygen atoms in total. The molecule has 2 aliphatic heterocycles. The highest BCUT2D eigenvalue weighted by molar-refractivity contribution is 5.61. The molecule has 1 aromatic carbocycles. The van der Waals surface area contributed by atoms with Crippen molar-refractivity contribution in [2.75, 3.05) is 12.4 Å². The third kappa shape index (κ3) is 2.85. The fraction of sp³-hybridized carbons (Fsp3) is 0.600. The lowest BCUT2D eigenvalue weighted by Crippen LogP contribution is -2.52. The standard InChI is InChI=1S/C15H20FN3O2/c1-18-12-3-2-4-13(18)9-11(8-12)17-14-6-5-10(16)7-15(14)19(20)21/h5-7,11-13,17H,2-4,8-9H2,1H3. The molecule has 0 aliphatic carbocycles. The Morgan fingerprint density at radius 1 is 1.33 bits per heavy atom. The van der Waals surface area contributed by atoms with Gasteiger partial charge in [-0.15, -0.1) is 0 Å². The molecule has 0 aromatic heterocycles. The first-order valence-corrected chi connectivity index (χ1v) is 7.47. The van der Waals surface area contributed by atoms with Gasteiger partial charge in [0.15, 0.2) is 0 Å². The Morgan fingerprint density at radius 3 is 2.62 bits per heavy atom. The fourth-order valence-electron chi connectivity index (χ4n) is 3.73. The third-order valence-electron chi connectivity index (χ3n) is 4.86. The number of hydrogen-bond acceptors (Lipinski definition) is 4. The van der Waals surface area contributed by atoms with E-state index in [-0.39, 0.29) is 11.7 Å². The van der Waals surface area contributed by atoms with Crippen LogP contribution in [0.15, 0.2) is 18.2 Å². The predicted molar refractivity (Wildman–Crippen MR) is 78.9 cm³/mol. The van der Waals surface area contributed by atoms with E-state index in [0.717, 1.165) is 18.9 Å². The molecule has 21 heavy (non-hydrogen) atoms. The first kappa shape index (κ1) is 14.3. The molecule has 1 aromatic rings. The molecular weight excluding hydrogens is 273 g/mol. The Labute approximate surface area is 123 Å². The van der Waals surface area contributed by atoms with Gasteiger partial charge in [-0.3, -0.25) is 10.1 Å². The molecule has 2 fully saturated rings. The zero-order chi connectivity index (χ0) is 15.0. The summed E-state index contributed by atoms with van der Waals surface area (Å²) >= 11 is 0. The third-order valence-corrected chi connectivity index (χ3v) is 4.86. The van der Waals surface area contributed by atoms with Gasteiger partial charge in [-0.05, 0) is 44.9 Å². The quantitative estimate of drug-likeness (QED) is 0.687. The molecular formula is C15H20FN3O2. The summed E-state index contributed by atoms with van der Waals surface area (Å²) < 4.78 is 13.2. The molecule has 6 heteroatoms. The second-order valence-electron chi connectivity index (χ2n) is 6.14. The second kappa shape index (κ2) is 5.60. The normalized spacial score (nSPS) is 29.1. The van der Waals surface area contributed by atoms with Crippen LogP contribution in [0.2, 0.25) is 0 Å². The predicted octanol–water partition coefficient (Wildman–Crippen LogP) is 3.16. The van der Waals surface area contributed by atoms with Gasteiger partial charge in [0.05, 0.1) is 11.0 Å². The van der Waals surface area contributed by atoms with E-state index in [1.54, 1.807) is 0 Å². The number of anilines is 1. The first-order valence-electron chi connectivity index (χ1n) is 7.47. The molecule has 1 N–H and O–H groups in total. The van der Waals surface area contributed by atoms with Crippen LogP contribution in [0.4, 0.5) is 15.8 Å². The minimum absolute atomic E-state index is 0.181. The van der Waals surface area contributed by atoms with Gasteiger partial charge in [0.25, 0.3) is 5.69 Å². The summed E-state index contributed by atoms with van der Waals surface area (Å²) in [5.41, 5.74) is 0.244. The van der Waals surface area contributed by atoms with Gasteiger partial charge in [0.2, 0.25) is 0 Å². The Morgan fingerprint density at radius 2 is 2.00 bits per heavy atom. The zero-order valence-electron chi connectivity index (χ0n) is 12.1. The Hall–Kier alpha value is -1.69. The van der Waals surface area contributed by atoms with E-state index in [0.29, 0.717) is 17.8 Å². The van der Waals surface area contributed by atoms with Crippen molar-refractivity contribution in [2.24, 2.45) is 0 Å². The highest BCUT2D eigenvalue weighted by Crippen LogP contribution is 2.35. The van der Waals surface area contributed by atoms with Crippen molar-refractivity contribution >= 4 is 11.4 Å². The molecule has 0 radical (unpaired) electrons. The number of nitrogens with one attached hydrogen (secondary N) is 1. The fourth-order valence-corrected chi connectivity index (χ4v) is 3.73. The van der Waals surface area contributed by atoms with Gasteiger partial charge >= 0.3 is 0 Å². The van der Waals surface area contributed by atoms with Crippen LogP contribution in [0, 0.1) is 15.9 Å². The Bertz CT molecular complexity index is 538. The van der Waals surface area contributed by atoms with Gasteiger partial charge in [0.1, 0.15) is 11.5 Å². The number of fused-ring (bicyclic) bond motifs is 2. The van der Waals surface area contributed by atoms with Crippen molar-refractivity contribution in [3.63, 3.8) is 0 Å². The van der Waals surface area contributed by atoms with E-state index in [2.05, 4.69) is 17.3 Å². The highest BCUT2D eigenvalue weighted by atomic mass is 19.1. The molecule has 2 unspecified atom stereocenters. The second-order valence-corrected chi connectivity index (χ2v) is 6.14. The molecule has 0 saturated carbocycles. The number of benzene rings is 1. The van der Waals surface area contributed by atoms with Crippen molar-refractivity contribution in [3.05, 3.63) is 34.1 Å². The van der Waals surface area contributed by atoms with Crippen molar-refractivity contribution in [1.82, 2.24) is 4.90 Å². The van der Waals surface area contributed by atoms with Crippen LogP contribution in [-0.2, 0) is 0 Å². The number of nitrogens with zero attached hydrogens (tertiary/aromatic N) is 2. The van der Waals surface area contributed by atoms with Crippen LogP contribution in [0.5, 0.6) is 0 Å². The van der Waals surface area contributed by atoms with Crippen LogP contribution in [0.25, 0.3) is 0 Å². The van der Waals surface area contributed by atoms with Crippen molar-refractivity contribution in [1.29, 1.82) is 0 Å². The number of halogens is 1. The van der Waals surface area contributed by atoms with Crippen LogP contribution >= 0.6 is 0 Å². The Balaban J connectivity index is 1.77. The summed E-state index contributed by atoms with van der Waals surface area (Å²) in [6.07, 6.45) is 5.62. The number of piperidine rings is 2. The Kier molecular flexibility index (Phi) is 3.80. The van der Waals surface area contributed by atoms with E-state index < -0.39 is 10.7 Å². The first-order chi connectivity index (χ1) is 10.0. The molecule has 2 aliphatic rings. The molecule has 2 saturated heterocycles. The minimum atomic E-state index is -0.576. The number of nitro benzene ring substituents is 1. The maximum Gasteiger partial charge on any atom is 0.295 e. The highest BCUT2D eigenvalue weighted by Gasteiger charge is 2.36. The molecule has 0 amide bonds. The van der Waals surface area contributed by atoms with Crippen molar-refractivity contribution in [3.8, 4) is 0 Å². The topological polar surface area (TPSA) is 58.4 Å². The maximum atomic E-state index is 13.2. The van der Waals surface area contributed by atoms with Crippen LogP contribution < -0.4 is 5.32 Å². The maximum absolute atomic E-state index is 13.2. The smallest absolute Gasteiger partial charge is 0.295 e. The zero-order valence-corrected chi connectivity index (χ0v) is 12.1. The largest absolute Gasteiger partial charge is 0.377 e. The summed E-state index contributed by atoms with van der Waals surface area (Å²) in [5.74, 6) is -0.576.